The Balaban J connectivity index is 2.18. The van der Waals surface area contributed by atoms with Crippen molar-refractivity contribution in [3.8, 4) is 0 Å². The minimum atomic E-state index is -0.589. The molecular formula is C23H27Cl3N2O2S. The van der Waals surface area contributed by atoms with Crippen LogP contribution in [0.3, 0.4) is 0 Å². The standard InChI is InChI=1S/C23H27Cl3N2O2S/c1-4-21(23(30)27-15(2)3)28(12-17-8-9-19(25)11-20(17)26)22(29)14-31-13-16-6-5-7-18(24)10-16/h5-11,15,21H,4,12-14H2,1-3H3,(H,27,30)/t21-/m1/s1. The normalized spacial score (nSPS) is 12.0. The Morgan fingerprint density at radius 2 is 1.77 bits per heavy atom. The highest BCUT2D eigenvalue weighted by atomic mass is 35.5. The zero-order chi connectivity index (χ0) is 23.0. The molecule has 0 aliphatic carbocycles. The molecule has 1 N–H and O–H groups in total. The fourth-order valence-corrected chi connectivity index (χ4v) is 4.64. The Hall–Kier alpha value is -1.40. The van der Waals surface area contributed by atoms with Crippen LogP contribution in [0.1, 0.15) is 38.3 Å². The number of benzene rings is 2. The van der Waals surface area contributed by atoms with E-state index in [9.17, 15) is 9.59 Å². The van der Waals surface area contributed by atoms with Crippen molar-refractivity contribution in [1.29, 1.82) is 0 Å². The molecule has 4 nitrogen and oxygen atoms in total. The van der Waals surface area contributed by atoms with Crippen LogP contribution in [0.15, 0.2) is 42.5 Å². The molecule has 0 bridgehead atoms. The molecule has 8 heteroatoms. The second kappa shape index (κ2) is 12.6. The fourth-order valence-electron chi connectivity index (χ4n) is 3.10. The van der Waals surface area contributed by atoms with E-state index in [0.717, 1.165) is 11.1 Å². The number of nitrogens with zero attached hydrogens (tertiary/aromatic N) is 1. The molecule has 0 radical (unpaired) electrons. The van der Waals surface area contributed by atoms with Crippen molar-refractivity contribution in [2.24, 2.45) is 0 Å². The highest BCUT2D eigenvalue weighted by molar-refractivity contribution is 7.99. The molecule has 0 unspecified atom stereocenters. The largest absolute Gasteiger partial charge is 0.352 e. The third-order valence-corrected chi connectivity index (χ3v) is 6.37. The SMILES string of the molecule is CC[C@H](C(=O)NC(C)C)N(Cc1ccc(Cl)cc1Cl)C(=O)CSCc1cccc(Cl)c1. The van der Waals surface area contributed by atoms with Gasteiger partial charge in [-0.05, 0) is 55.7 Å². The van der Waals surface area contributed by atoms with Gasteiger partial charge in [-0.25, -0.2) is 0 Å². The summed E-state index contributed by atoms with van der Waals surface area (Å²) >= 11 is 19.9. The third-order valence-electron chi connectivity index (χ3n) is 4.56. The Morgan fingerprint density at radius 3 is 2.39 bits per heavy atom. The number of carbonyl (C=O) groups is 2. The van der Waals surface area contributed by atoms with Crippen molar-refractivity contribution in [3.63, 3.8) is 0 Å². The quantitative estimate of drug-likeness (QED) is 0.421. The summed E-state index contributed by atoms with van der Waals surface area (Å²) in [5.74, 6) is 0.597. The van der Waals surface area contributed by atoms with Crippen molar-refractivity contribution in [1.82, 2.24) is 10.2 Å². The second-order valence-electron chi connectivity index (χ2n) is 7.47. The first kappa shape index (κ1) is 25.9. The van der Waals surface area contributed by atoms with Gasteiger partial charge in [-0.15, -0.1) is 11.8 Å². The fraction of sp³-hybridized carbons (Fsp3) is 0.391. The zero-order valence-corrected chi connectivity index (χ0v) is 20.9. The predicted octanol–water partition coefficient (Wildman–Crippen LogP) is 6.21. The van der Waals surface area contributed by atoms with Gasteiger partial charge in [-0.1, -0.05) is 59.9 Å². The lowest BCUT2D eigenvalue weighted by atomic mass is 10.1. The summed E-state index contributed by atoms with van der Waals surface area (Å²) in [4.78, 5) is 27.6. The molecule has 168 valence electrons. The van der Waals surface area contributed by atoms with Crippen molar-refractivity contribution in [3.05, 3.63) is 68.7 Å². The van der Waals surface area contributed by atoms with Crippen LogP contribution >= 0.6 is 46.6 Å². The number of thioether (sulfide) groups is 1. The predicted molar refractivity (Wildman–Crippen MR) is 132 cm³/mol. The molecule has 2 aromatic carbocycles. The maximum atomic E-state index is 13.2. The monoisotopic (exact) mass is 500 g/mol. The van der Waals surface area contributed by atoms with E-state index in [4.69, 9.17) is 34.8 Å². The first-order chi connectivity index (χ1) is 14.7. The summed E-state index contributed by atoms with van der Waals surface area (Å²) in [5.41, 5.74) is 1.79. The van der Waals surface area contributed by atoms with Crippen LogP contribution in [0.5, 0.6) is 0 Å². The van der Waals surface area contributed by atoms with Crippen LogP contribution in [-0.4, -0.2) is 34.6 Å². The molecular weight excluding hydrogens is 475 g/mol. The topological polar surface area (TPSA) is 49.4 Å². The van der Waals surface area contributed by atoms with E-state index in [1.807, 2.05) is 45.0 Å². The summed E-state index contributed by atoms with van der Waals surface area (Å²) in [6.07, 6.45) is 0.495. The smallest absolute Gasteiger partial charge is 0.243 e. The van der Waals surface area contributed by atoms with Gasteiger partial charge in [0.05, 0.1) is 5.75 Å². The number of hydrogen-bond donors (Lipinski definition) is 1. The van der Waals surface area contributed by atoms with Gasteiger partial charge in [-0.3, -0.25) is 9.59 Å². The molecule has 0 aliphatic rings. The van der Waals surface area contributed by atoms with E-state index < -0.39 is 6.04 Å². The van der Waals surface area contributed by atoms with Gasteiger partial charge in [0.15, 0.2) is 0 Å². The van der Waals surface area contributed by atoms with Crippen molar-refractivity contribution in [2.75, 3.05) is 5.75 Å². The van der Waals surface area contributed by atoms with E-state index in [1.54, 1.807) is 23.1 Å². The average Bonchev–Trinajstić information content (AvgIpc) is 2.69. The summed E-state index contributed by atoms with van der Waals surface area (Å²) in [6.45, 7) is 5.92. The Labute approximate surface area is 203 Å². The van der Waals surface area contributed by atoms with E-state index in [2.05, 4.69) is 5.32 Å². The molecule has 2 rings (SSSR count). The molecule has 0 spiro atoms. The lowest BCUT2D eigenvalue weighted by Crippen LogP contribution is -2.51. The minimum absolute atomic E-state index is 0.0187. The number of nitrogens with one attached hydrogen (secondary N) is 1. The highest BCUT2D eigenvalue weighted by Crippen LogP contribution is 2.25. The maximum absolute atomic E-state index is 13.2. The van der Waals surface area contributed by atoms with Crippen LogP contribution in [0.4, 0.5) is 0 Å². The Morgan fingerprint density at radius 1 is 1.06 bits per heavy atom. The molecule has 0 fully saturated rings. The molecule has 0 aromatic heterocycles. The van der Waals surface area contributed by atoms with Crippen LogP contribution in [-0.2, 0) is 21.9 Å². The summed E-state index contributed by atoms with van der Waals surface area (Å²) < 4.78 is 0. The minimum Gasteiger partial charge on any atom is -0.352 e. The van der Waals surface area contributed by atoms with Crippen molar-refractivity contribution < 1.29 is 9.59 Å². The molecule has 0 aliphatic heterocycles. The van der Waals surface area contributed by atoms with Crippen LogP contribution in [0.25, 0.3) is 0 Å². The Bertz CT molecular complexity index is 908. The van der Waals surface area contributed by atoms with E-state index in [0.29, 0.717) is 27.2 Å². The average molecular weight is 502 g/mol. The molecule has 0 saturated carbocycles. The zero-order valence-electron chi connectivity index (χ0n) is 17.8. The van der Waals surface area contributed by atoms with Crippen LogP contribution in [0, 0.1) is 0 Å². The number of hydrogen-bond acceptors (Lipinski definition) is 3. The summed E-state index contributed by atoms with van der Waals surface area (Å²) in [6, 6.07) is 12.1. The summed E-state index contributed by atoms with van der Waals surface area (Å²) in [5, 5.41) is 4.58. The van der Waals surface area contributed by atoms with E-state index >= 15 is 0 Å². The number of carbonyl (C=O) groups excluding carboxylic acids is 2. The lowest BCUT2D eigenvalue weighted by Gasteiger charge is -2.31. The molecule has 0 heterocycles. The van der Waals surface area contributed by atoms with Gasteiger partial charge in [0.2, 0.25) is 11.8 Å². The molecule has 2 amide bonds. The van der Waals surface area contributed by atoms with E-state index in [-0.39, 0.29) is 30.2 Å². The molecule has 2 aromatic rings. The number of halogens is 3. The van der Waals surface area contributed by atoms with Gasteiger partial charge in [0, 0.05) is 33.4 Å². The summed E-state index contributed by atoms with van der Waals surface area (Å²) in [7, 11) is 0. The van der Waals surface area contributed by atoms with Crippen molar-refractivity contribution in [2.45, 2.75) is 51.6 Å². The second-order valence-corrected chi connectivity index (χ2v) is 9.73. The van der Waals surface area contributed by atoms with E-state index in [1.165, 1.54) is 11.8 Å². The van der Waals surface area contributed by atoms with Gasteiger partial charge in [-0.2, -0.15) is 0 Å². The maximum Gasteiger partial charge on any atom is 0.243 e. The van der Waals surface area contributed by atoms with Crippen LogP contribution in [0.2, 0.25) is 15.1 Å². The first-order valence-electron chi connectivity index (χ1n) is 10.1. The van der Waals surface area contributed by atoms with Crippen LogP contribution < -0.4 is 5.32 Å². The van der Waals surface area contributed by atoms with Gasteiger partial charge < -0.3 is 10.2 Å². The first-order valence-corrected chi connectivity index (χ1v) is 12.4. The molecule has 1 atom stereocenters. The van der Waals surface area contributed by atoms with Gasteiger partial charge in [0.25, 0.3) is 0 Å². The highest BCUT2D eigenvalue weighted by Gasteiger charge is 2.29. The van der Waals surface area contributed by atoms with Crippen molar-refractivity contribution >= 4 is 58.4 Å². The third kappa shape index (κ3) is 8.23. The Kier molecular flexibility index (Phi) is 10.5. The molecule has 31 heavy (non-hydrogen) atoms. The van der Waals surface area contributed by atoms with Gasteiger partial charge in [0.1, 0.15) is 6.04 Å². The lowest BCUT2D eigenvalue weighted by molar-refractivity contribution is -0.139. The van der Waals surface area contributed by atoms with Gasteiger partial charge >= 0.3 is 0 Å². The number of rotatable bonds is 10. The molecule has 0 saturated heterocycles. The number of amides is 2.